The topological polar surface area (TPSA) is 77.8 Å². The molecule has 0 bridgehead atoms. The van der Waals surface area contributed by atoms with Gasteiger partial charge in [0.2, 0.25) is 0 Å². The maximum Gasteiger partial charge on any atom is 0.345 e. The van der Waals surface area contributed by atoms with E-state index in [0.29, 0.717) is 28.7 Å². The lowest BCUT2D eigenvalue weighted by atomic mass is 10.0. The Balaban J connectivity index is 1.23. The van der Waals surface area contributed by atoms with Gasteiger partial charge in [-0.1, -0.05) is 24.3 Å². The Hall–Kier alpha value is -3.97. The second-order valence-electron chi connectivity index (χ2n) is 8.16. The number of rotatable bonds is 6. The molecule has 1 saturated heterocycles. The zero-order chi connectivity index (χ0) is 23.5. The number of carbonyl (C=O) groups is 2. The molecular formula is C27H22FNO5. The molecule has 1 N–H and O–H groups in total. The molecule has 4 aromatic rings. The number of carbonyl (C=O) groups excluding carboxylic acids is 2. The van der Waals surface area contributed by atoms with Crippen molar-refractivity contribution in [1.82, 2.24) is 5.32 Å². The number of furan rings is 1. The molecule has 2 heterocycles. The minimum Gasteiger partial charge on any atom is -0.489 e. The van der Waals surface area contributed by atoms with Crippen LogP contribution in [0.25, 0.3) is 22.1 Å². The van der Waals surface area contributed by atoms with Crippen LogP contribution in [-0.2, 0) is 16.1 Å². The van der Waals surface area contributed by atoms with Crippen LogP contribution >= 0.6 is 0 Å². The zero-order valence-electron chi connectivity index (χ0n) is 18.3. The predicted octanol–water partition coefficient (Wildman–Crippen LogP) is 5.25. The first kappa shape index (κ1) is 21.9. The van der Waals surface area contributed by atoms with Crippen molar-refractivity contribution in [3.63, 3.8) is 0 Å². The van der Waals surface area contributed by atoms with Crippen molar-refractivity contribution in [2.45, 2.75) is 25.5 Å². The molecule has 0 aliphatic carbocycles. The SMILES string of the molecule is O=C(OC(=O)[C@@H]1CCCN1)c1cccc(COc2ccc(-c3cc(F)cc4ccoc34)cc2)c1. The second-order valence-corrected chi connectivity index (χ2v) is 8.16. The Kier molecular flexibility index (Phi) is 6.10. The smallest absolute Gasteiger partial charge is 0.345 e. The van der Waals surface area contributed by atoms with Gasteiger partial charge >= 0.3 is 11.9 Å². The Morgan fingerprint density at radius 3 is 2.71 bits per heavy atom. The van der Waals surface area contributed by atoms with Crippen molar-refractivity contribution in [3.8, 4) is 16.9 Å². The van der Waals surface area contributed by atoms with Gasteiger partial charge in [-0.2, -0.15) is 0 Å². The Bertz CT molecular complexity index is 1340. The van der Waals surface area contributed by atoms with Gasteiger partial charge in [0.1, 0.15) is 29.8 Å². The molecule has 34 heavy (non-hydrogen) atoms. The fourth-order valence-corrected chi connectivity index (χ4v) is 4.05. The molecule has 6 nitrogen and oxygen atoms in total. The monoisotopic (exact) mass is 459 g/mol. The number of hydrogen-bond donors (Lipinski definition) is 1. The molecule has 0 saturated carbocycles. The van der Waals surface area contributed by atoms with Gasteiger partial charge in [-0.15, -0.1) is 0 Å². The summed E-state index contributed by atoms with van der Waals surface area (Å²) >= 11 is 0. The van der Waals surface area contributed by atoms with Gasteiger partial charge in [-0.05, 0) is 73.0 Å². The van der Waals surface area contributed by atoms with Gasteiger partial charge < -0.3 is 19.2 Å². The Morgan fingerprint density at radius 1 is 1.06 bits per heavy atom. The van der Waals surface area contributed by atoms with E-state index < -0.39 is 18.0 Å². The summed E-state index contributed by atoms with van der Waals surface area (Å²) in [5.74, 6) is -0.936. The van der Waals surface area contributed by atoms with Crippen LogP contribution in [-0.4, -0.2) is 24.5 Å². The zero-order valence-corrected chi connectivity index (χ0v) is 18.3. The summed E-state index contributed by atoms with van der Waals surface area (Å²) in [4.78, 5) is 24.4. The highest BCUT2D eigenvalue weighted by molar-refractivity contribution is 5.98. The second kappa shape index (κ2) is 9.49. The van der Waals surface area contributed by atoms with Gasteiger partial charge in [0, 0.05) is 10.9 Å². The maximum absolute atomic E-state index is 14.0. The Morgan fingerprint density at radius 2 is 1.91 bits per heavy atom. The maximum atomic E-state index is 14.0. The lowest BCUT2D eigenvalue weighted by Crippen LogP contribution is -2.33. The molecule has 0 amide bonds. The quantitative estimate of drug-likeness (QED) is 0.313. The van der Waals surface area contributed by atoms with Crippen LogP contribution in [0.5, 0.6) is 5.75 Å². The van der Waals surface area contributed by atoms with Gasteiger partial charge in [0.15, 0.2) is 0 Å². The van der Waals surface area contributed by atoms with E-state index in [4.69, 9.17) is 13.9 Å². The van der Waals surface area contributed by atoms with Crippen molar-refractivity contribution in [3.05, 3.63) is 89.9 Å². The summed E-state index contributed by atoms with van der Waals surface area (Å²) in [7, 11) is 0. The fourth-order valence-electron chi connectivity index (χ4n) is 4.05. The third-order valence-electron chi connectivity index (χ3n) is 5.79. The summed E-state index contributed by atoms with van der Waals surface area (Å²) in [6, 6.07) is 18.2. The van der Waals surface area contributed by atoms with E-state index in [1.165, 1.54) is 18.4 Å². The molecule has 5 rings (SSSR count). The molecule has 0 spiro atoms. The Labute approximate surface area is 195 Å². The first-order valence-electron chi connectivity index (χ1n) is 11.1. The molecule has 3 aromatic carbocycles. The number of nitrogens with one attached hydrogen (secondary N) is 1. The van der Waals surface area contributed by atoms with Crippen LogP contribution in [0, 0.1) is 5.82 Å². The highest BCUT2D eigenvalue weighted by Gasteiger charge is 2.26. The van der Waals surface area contributed by atoms with Crippen molar-refractivity contribution >= 4 is 22.9 Å². The first-order chi connectivity index (χ1) is 16.6. The first-order valence-corrected chi connectivity index (χ1v) is 11.1. The molecule has 7 heteroatoms. The number of hydrogen-bond acceptors (Lipinski definition) is 6. The van der Waals surface area contributed by atoms with Gasteiger partial charge in [-0.25, -0.2) is 14.0 Å². The van der Waals surface area contributed by atoms with Crippen LogP contribution in [0.3, 0.4) is 0 Å². The summed E-state index contributed by atoms with van der Waals surface area (Å²) < 4.78 is 30.3. The summed E-state index contributed by atoms with van der Waals surface area (Å²) in [5.41, 5.74) is 3.14. The van der Waals surface area contributed by atoms with Gasteiger partial charge in [0.05, 0.1) is 11.8 Å². The molecule has 1 aliphatic heterocycles. The van der Waals surface area contributed by atoms with Crippen LogP contribution < -0.4 is 10.1 Å². The van der Waals surface area contributed by atoms with E-state index in [1.54, 1.807) is 36.4 Å². The van der Waals surface area contributed by atoms with Crippen LogP contribution in [0.2, 0.25) is 0 Å². The van der Waals surface area contributed by atoms with Gasteiger partial charge in [-0.3, -0.25) is 0 Å². The number of halogens is 1. The van der Waals surface area contributed by atoms with Crippen LogP contribution in [0.15, 0.2) is 77.4 Å². The van der Waals surface area contributed by atoms with E-state index in [1.807, 2.05) is 18.2 Å². The highest BCUT2D eigenvalue weighted by Crippen LogP contribution is 2.31. The van der Waals surface area contributed by atoms with Gasteiger partial charge in [0.25, 0.3) is 0 Å². The molecular weight excluding hydrogens is 437 g/mol. The molecule has 1 fully saturated rings. The minimum absolute atomic E-state index is 0.223. The largest absolute Gasteiger partial charge is 0.489 e. The fraction of sp³-hybridized carbons (Fsp3) is 0.185. The minimum atomic E-state index is -0.677. The van der Waals surface area contributed by atoms with E-state index in [-0.39, 0.29) is 18.0 Å². The molecule has 1 atom stereocenters. The van der Waals surface area contributed by atoms with Crippen molar-refractivity contribution in [2.75, 3.05) is 6.54 Å². The summed E-state index contributed by atoms with van der Waals surface area (Å²) in [6.07, 6.45) is 3.10. The van der Waals surface area contributed by atoms with E-state index in [9.17, 15) is 14.0 Å². The third-order valence-corrected chi connectivity index (χ3v) is 5.79. The van der Waals surface area contributed by atoms with E-state index >= 15 is 0 Å². The standard InChI is InChI=1S/C27H22FNO5/c28-21-14-19-10-12-32-25(19)23(15-21)18-6-8-22(9-7-18)33-16-17-3-1-4-20(13-17)26(30)34-27(31)24-5-2-11-29-24/h1,3-4,6-10,12-15,24,29H,2,5,11,16H2/t24-/m0/s1. The lowest BCUT2D eigenvalue weighted by Gasteiger charge is -2.10. The average molecular weight is 459 g/mol. The molecule has 172 valence electrons. The normalized spacial score (nSPS) is 15.4. The average Bonchev–Trinajstić information content (AvgIpc) is 3.55. The summed E-state index contributed by atoms with van der Waals surface area (Å²) in [5, 5.41) is 3.72. The van der Waals surface area contributed by atoms with Crippen LogP contribution in [0.4, 0.5) is 4.39 Å². The lowest BCUT2D eigenvalue weighted by molar-refractivity contribution is -0.139. The third kappa shape index (κ3) is 4.70. The van der Waals surface area contributed by atoms with E-state index in [2.05, 4.69) is 5.32 Å². The number of fused-ring (bicyclic) bond motifs is 1. The highest BCUT2D eigenvalue weighted by atomic mass is 19.1. The van der Waals surface area contributed by atoms with E-state index in [0.717, 1.165) is 24.1 Å². The van der Waals surface area contributed by atoms with Crippen molar-refractivity contribution < 1.29 is 27.9 Å². The van der Waals surface area contributed by atoms with Crippen LogP contribution in [0.1, 0.15) is 28.8 Å². The van der Waals surface area contributed by atoms with Crippen molar-refractivity contribution in [2.24, 2.45) is 0 Å². The molecule has 1 aromatic heterocycles. The number of ether oxygens (including phenoxy) is 2. The number of esters is 2. The summed E-state index contributed by atoms with van der Waals surface area (Å²) in [6.45, 7) is 0.970. The molecule has 0 radical (unpaired) electrons. The van der Waals surface area contributed by atoms with Crippen molar-refractivity contribution in [1.29, 1.82) is 0 Å². The number of benzene rings is 3. The predicted molar refractivity (Wildman–Crippen MR) is 124 cm³/mol. The molecule has 0 unspecified atom stereocenters. The molecule has 1 aliphatic rings.